The first-order valence-corrected chi connectivity index (χ1v) is 7.19. The van der Waals surface area contributed by atoms with Crippen LogP contribution in [0.25, 0.3) is 11.3 Å². The molecule has 1 fully saturated rings. The van der Waals surface area contributed by atoms with Gasteiger partial charge in [-0.1, -0.05) is 35.5 Å². The first kappa shape index (κ1) is 15.0. The van der Waals surface area contributed by atoms with Crippen LogP contribution in [0.15, 0.2) is 40.9 Å². The number of carbonyl (C=O) groups excluding carboxylic acids is 3. The molecule has 7 heteroatoms. The summed E-state index contributed by atoms with van der Waals surface area (Å²) in [5.74, 6) is -1.32. The van der Waals surface area contributed by atoms with Crippen molar-refractivity contribution in [1.29, 1.82) is 0 Å². The number of hydrogen-bond acceptors (Lipinski definition) is 5. The van der Waals surface area contributed by atoms with Crippen LogP contribution in [-0.2, 0) is 16.1 Å². The number of amides is 4. The van der Waals surface area contributed by atoms with Crippen molar-refractivity contribution in [2.45, 2.75) is 26.4 Å². The van der Waals surface area contributed by atoms with E-state index in [0.717, 1.165) is 15.4 Å². The molecule has 0 aliphatic carbocycles. The summed E-state index contributed by atoms with van der Waals surface area (Å²) in [5, 5.41) is 3.93. The van der Waals surface area contributed by atoms with E-state index in [9.17, 15) is 14.4 Å². The van der Waals surface area contributed by atoms with E-state index in [1.54, 1.807) is 19.9 Å². The van der Waals surface area contributed by atoms with E-state index in [0.29, 0.717) is 11.5 Å². The maximum absolute atomic E-state index is 12.2. The van der Waals surface area contributed by atoms with E-state index >= 15 is 0 Å². The third-order valence-corrected chi connectivity index (χ3v) is 3.54. The average molecular weight is 313 g/mol. The van der Waals surface area contributed by atoms with E-state index in [4.69, 9.17) is 4.52 Å². The van der Waals surface area contributed by atoms with Gasteiger partial charge in [-0.15, -0.1) is 0 Å². The van der Waals surface area contributed by atoms with Gasteiger partial charge in [0.25, 0.3) is 0 Å². The molecule has 3 rings (SSSR count). The number of benzene rings is 1. The van der Waals surface area contributed by atoms with Crippen LogP contribution in [0.4, 0.5) is 4.79 Å². The van der Waals surface area contributed by atoms with E-state index in [1.165, 1.54) is 0 Å². The number of imide groups is 2. The lowest BCUT2D eigenvalue weighted by Crippen LogP contribution is -2.37. The van der Waals surface area contributed by atoms with E-state index in [1.807, 2.05) is 30.3 Å². The lowest BCUT2D eigenvalue weighted by Gasteiger charge is -2.17. The quantitative estimate of drug-likeness (QED) is 0.637. The zero-order chi connectivity index (χ0) is 16.6. The molecule has 0 bridgehead atoms. The Balaban J connectivity index is 1.80. The standard InChI is InChI=1S/C16H15N3O4/c1-10(2)19-15(21)14(20)18(16(19)22)9-12-8-13(17-23-12)11-6-4-3-5-7-11/h3-8,10H,9H2,1-2H3. The molecule has 118 valence electrons. The smallest absolute Gasteiger partial charge is 0.334 e. The molecule has 1 aliphatic heterocycles. The fourth-order valence-corrected chi connectivity index (χ4v) is 2.41. The minimum absolute atomic E-state index is 0.119. The Bertz CT molecular complexity index is 767. The van der Waals surface area contributed by atoms with Crippen LogP contribution >= 0.6 is 0 Å². The molecule has 23 heavy (non-hydrogen) atoms. The number of rotatable bonds is 4. The third kappa shape index (κ3) is 2.61. The maximum Gasteiger partial charge on any atom is 0.334 e. The van der Waals surface area contributed by atoms with Crippen molar-refractivity contribution in [3.63, 3.8) is 0 Å². The zero-order valence-electron chi connectivity index (χ0n) is 12.7. The van der Waals surface area contributed by atoms with Gasteiger partial charge in [0.1, 0.15) is 5.69 Å². The number of hydrogen-bond donors (Lipinski definition) is 0. The van der Waals surface area contributed by atoms with Gasteiger partial charge in [0.2, 0.25) is 0 Å². The number of urea groups is 1. The van der Waals surface area contributed by atoms with Crippen molar-refractivity contribution < 1.29 is 18.9 Å². The lowest BCUT2D eigenvalue weighted by molar-refractivity contribution is -0.144. The maximum atomic E-state index is 12.2. The molecule has 0 saturated carbocycles. The van der Waals surface area contributed by atoms with Gasteiger partial charge in [-0.05, 0) is 13.8 Å². The van der Waals surface area contributed by atoms with E-state index in [2.05, 4.69) is 5.16 Å². The highest BCUT2D eigenvalue weighted by atomic mass is 16.5. The SMILES string of the molecule is CC(C)N1C(=O)C(=O)N(Cc2cc(-c3ccccc3)no2)C1=O. The second kappa shape index (κ2) is 5.68. The Labute approximate surface area is 132 Å². The van der Waals surface area contributed by atoms with Crippen molar-refractivity contribution in [1.82, 2.24) is 15.0 Å². The van der Waals surface area contributed by atoms with Gasteiger partial charge in [0, 0.05) is 17.7 Å². The molecule has 0 N–H and O–H groups in total. The Morgan fingerprint density at radius 3 is 2.39 bits per heavy atom. The van der Waals surface area contributed by atoms with Gasteiger partial charge in [-0.2, -0.15) is 0 Å². The summed E-state index contributed by atoms with van der Waals surface area (Å²) in [6.07, 6.45) is 0. The fourth-order valence-electron chi connectivity index (χ4n) is 2.41. The van der Waals surface area contributed by atoms with Crippen LogP contribution in [0.3, 0.4) is 0 Å². The molecule has 1 aromatic carbocycles. The van der Waals surface area contributed by atoms with Crippen LogP contribution in [0, 0.1) is 0 Å². The van der Waals surface area contributed by atoms with Gasteiger partial charge in [0.15, 0.2) is 5.76 Å². The molecule has 1 aromatic heterocycles. The summed E-state index contributed by atoms with van der Waals surface area (Å²) in [6.45, 7) is 3.23. The summed E-state index contributed by atoms with van der Waals surface area (Å²) in [6, 6.07) is 10.0. The van der Waals surface area contributed by atoms with Crippen molar-refractivity contribution in [2.24, 2.45) is 0 Å². The Kier molecular flexibility index (Phi) is 3.69. The van der Waals surface area contributed by atoms with Crippen molar-refractivity contribution >= 4 is 17.8 Å². The minimum Gasteiger partial charge on any atom is -0.359 e. The fraction of sp³-hybridized carbons (Fsp3) is 0.250. The van der Waals surface area contributed by atoms with Crippen LogP contribution in [0.1, 0.15) is 19.6 Å². The van der Waals surface area contributed by atoms with Crippen LogP contribution in [0.5, 0.6) is 0 Å². The van der Waals surface area contributed by atoms with Gasteiger partial charge in [0.05, 0.1) is 6.54 Å². The highest BCUT2D eigenvalue weighted by Gasteiger charge is 2.45. The predicted octanol–water partition coefficient (Wildman–Crippen LogP) is 2.04. The summed E-state index contributed by atoms with van der Waals surface area (Å²) in [7, 11) is 0. The third-order valence-electron chi connectivity index (χ3n) is 3.54. The molecule has 7 nitrogen and oxygen atoms in total. The largest absolute Gasteiger partial charge is 0.359 e. The van der Waals surface area contributed by atoms with Gasteiger partial charge in [-0.3, -0.25) is 14.5 Å². The molecule has 1 aliphatic rings. The molecule has 0 unspecified atom stereocenters. The first-order valence-electron chi connectivity index (χ1n) is 7.19. The Hall–Kier alpha value is -2.96. The molecule has 0 radical (unpaired) electrons. The van der Waals surface area contributed by atoms with Gasteiger partial charge in [-0.25, -0.2) is 9.69 Å². The Morgan fingerprint density at radius 1 is 1.09 bits per heavy atom. The number of aromatic nitrogens is 1. The van der Waals surface area contributed by atoms with Crippen LogP contribution < -0.4 is 0 Å². The normalized spacial score (nSPS) is 15.2. The highest BCUT2D eigenvalue weighted by molar-refractivity contribution is 6.44. The number of nitrogens with zero attached hydrogens (tertiary/aromatic N) is 3. The first-order chi connectivity index (χ1) is 11.0. The molecular weight excluding hydrogens is 298 g/mol. The van der Waals surface area contributed by atoms with Crippen molar-refractivity contribution in [2.75, 3.05) is 0 Å². The molecule has 2 aromatic rings. The molecule has 0 spiro atoms. The monoisotopic (exact) mass is 313 g/mol. The van der Waals surface area contributed by atoms with E-state index < -0.39 is 17.8 Å². The predicted molar refractivity (Wildman–Crippen MR) is 79.9 cm³/mol. The van der Waals surface area contributed by atoms with Crippen molar-refractivity contribution in [3.8, 4) is 11.3 Å². The van der Waals surface area contributed by atoms with Crippen molar-refractivity contribution in [3.05, 3.63) is 42.2 Å². The Morgan fingerprint density at radius 2 is 1.78 bits per heavy atom. The van der Waals surface area contributed by atoms with Crippen LogP contribution in [-0.4, -0.2) is 38.8 Å². The molecule has 2 heterocycles. The zero-order valence-corrected chi connectivity index (χ0v) is 12.7. The van der Waals surface area contributed by atoms with Crippen LogP contribution in [0.2, 0.25) is 0 Å². The molecular formula is C16H15N3O4. The number of carbonyl (C=O) groups is 3. The lowest BCUT2D eigenvalue weighted by atomic mass is 10.1. The van der Waals surface area contributed by atoms with Gasteiger partial charge >= 0.3 is 17.8 Å². The van der Waals surface area contributed by atoms with E-state index in [-0.39, 0.29) is 12.6 Å². The summed E-state index contributed by atoms with van der Waals surface area (Å²) in [5.41, 5.74) is 1.47. The second-order valence-corrected chi connectivity index (χ2v) is 5.49. The topological polar surface area (TPSA) is 83.7 Å². The van der Waals surface area contributed by atoms with Gasteiger partial charge < -0.3 is 4.52 Å². The summed E-state index contributed by atoms with van der Waals surface area (Å²) >= 11 is 0. The molecule has 0 atom stereocenters. The molecule has 1 saturated heterocycles. The summed E-state index contributed by atoms with van der Waals surface area (Å²) < 4.78 is 5.18. The highest BCUT2D eigenvalue weighted by Crippen LogP contribution is 2.22. The molecule has 4 amide bonds. The summed E-state index contributed by atoms with van der Waals surface area (Å²) in [4.78, 5) is 37.8. The second-order valence-electron chi connectivity index (χ2n) is 5.49. The minimum atomic E-state index is -0.846. The average Bonchev–Trinajstić information content (AvgIpc) is 3.08.